The fourth-order valence-electron chi connectivity index (χ4n) is 1.31. The second-order valence-electron chi connectivity index (χ2n) is 3.54. The van der Waals surface area contributed by atoms with Crippen LogP contribution in [0.3, 0.4) is 0 Å². The molecule has 0 amide bonds. The van der Waals surface area contributed by atoms with Crippen LogP contribution in [0.1, 0.15) is 33.6 Å². The number of hydrogen-bond acceptors (Lipinski definition) is 2. The summed E-state index contributed by atoms with van der Waals surface area (Å²) < 4.78 is 0. The third-order valence-electron chi connectivity index (χ3n) is 2.41. The molecule has 0 unspecified atom stereocenters. The predicted molar refractivity (Wildman–Crippen MR) is 53.1 cm³/mol. The van der Waals surface area contributed by atoms with Gasteiger partial charge in [-0.25, -0.2) is 4.79 Å². The molecule has 0 bridgehead atoms. The minimum atomic E-state index is -0.965. The molecule has 76 valence electrons. The maximum atomic E-state index is 10.3. The predicted octanol–water partition coefficient (Wildman–Crippen LogP) is 1.99. The topological polar surface area (TPSA) is 63.3 Å². The highest BCUT2D eigenvalue weighted by Crippen LogP contribution is 2.20. The average molecular weight is 185 g/mol. The zero-order valence-electron chi connectivity index (χ0n) is 8.58. The first-order chi connectivity index (χ1) is 5.99. The first kappa shape index (κ1) is 12.0. The smallest absolute Gasteiger partial charge is 0.330 e. The fourth-order valence-corrected chi connectivity index (χ4v) is 1.31. The number of carbonyl (C=O) groups is 1. The minimum Gasteiger partial charge on any atom is -0.478 e. The lowest BCUT2D eigenvalue weighted by molar-refractivity contribution is -0.131. The molecule has 0 aromatic heterocycles. The van der Waals surface area contributed by atoms with Gasteiger partial charge in [0.2, 0.25) is 0 Å². The number of carboxylic acids is 1. The number of aliphatic carboxylic acids is 1. The SMILES string of the molecule is CCC[C@@H](C)[C@@H](C)/C(N)=C/C(=O)O. The third kappa shape index (κ3) is 4.55. The van der Waals surface area contributed by atoms with Crippen molar-refractivity contribution in [2.45, 2.75) is 33.6 Å². The highest BCUT2D eigenvalue weighted by Gasteiger charge is 2.14. The molecule has 3 N–H and O–H groups in total. The second-order valence-corrected chi connectivity index (χ2v) is 3.54. The van der Waals surface area contributed by atoms with Crippen LogP contribution in [0.15, 0.2) is 11.8 Å². The van der Waals surface area contributed by atoms with Crippen molar-refractivity contribution in [1.82, 2.24) is 0 Å². The summed E-state index contributed by atoms with van der Waals surface area (Å²) in [5, 5.41) is 8.49. The normalized spacial score (nSPS) is 16.7. The van der Waals surface area contributed by atoms with Crippen LogP contribution in [0.5, 0.6) is 0 Å². The summed E-state index contributed by atoms with van der Waals surface area (Å²) in [6.07, 6.45) is 3.28. The molecule has 0 spiro atoms. The van der Waals surface area contributed by atoms with E-state index in [1.165, 1.54) is 0 Å². The lowest BCUT2D eigenvalue weighted by Crippen LogP contribution is -2.17. The number of rotatable bonds is 5. The molecule has 13 heavy (non-hydrogen) atoms. The van der Waals surface area contributed by atoms with Gasteiger partial charge in [-0.15, -0.1) is 0 Å². The largest absolute Gasteiger partial charge is 0.478 e. The average Bonchev–Trinajstić information content (AvgIpc) is 2.02. The van der Waals surface area contributed by atoms with Crippen molar-refractivity contribution in [2.75, 3.05) is 0 Å². The van der Waals surface area contributed by atoms with Crippen LogP contribution in [-0.4, -0.2) is 11.1 Å². The highest BCUT2D eigenvalue weighted by atomic mass is 16.4. The van der Waals surface area contributed by atoms with Crippen LogP contribution < -0.4 is 5.73 Å². The first-order valence-corrected chi connectivity index (χ1v) is 4.69. The van der Waals surface area contributed by atoms with Crippen LogP contribution >= 0.6 is 0 Å². The third-order valence-corrected chi connectivity index (χ3v) is 2.41. The molecule has 0 aromatic carbocycles. The van der Waals surface area contributed by atoms with Crippen molar-refractivity contribution in [1.29, 1.82) is 0 Å². The van der Waals surface area contributed by atoms with Crippen molar-refractivity contribution in [2.24, 2.45) is 17.6 Å². The number of carboxylic acid groups (broad SMARTS) is 1. The first-order valence-electron chi connectivity index (χ1n) is 4.69. The van der Waals surface area contributed by atoms with Gasteiger partial charge in [-0.2, -0.15) is 0 Å². The van der Waals surface area contributed by atoms with Crippen LogP contribution in [-0.2, 0) is 4.79 Å². The minimum absolute atomic E-state index is 0.149. The van der Waals surface area contributed by atoms with Gasteiger partial charge in [-0.05, 0) is 11.8 Å². The van der Waals surface area contributed by atoms with E-state index in [2.05, 4.69) is 13.8 Å². The molecule has 0 aromatic rings. The Hall–Kier alpha value is -0.990. The summed E-state index contributed by atoms with van der Waals surface area (Å²) in [7, 11) is 0. The van der Waals surface area contributed by atoms with Gasteiger partial charge in [0.05, 0.1) is 0 Å². The van der Waals surface area contributed by atoms with E-state index in [1.807, 2.05) is 6.92 Å². The molecule has 3 heteroatoms. The standard InChI is InChI=1S/C10H19NO2/c1-4-5-7(2)8(3)9(11)6-10(12)13/h6-8H,4-5,11H2,1-3H3,(H,12,13)/b9-6-/t7-,8-/m1/s1. The molecule has 0 radical (unpaired) electrons. The van der Waals surface area contributed by atoms with Gasteiger partial charge < -0.3 is 10.8 Å². The summed E-state index contributed by atoms with van der Waals surface area (Å²) in [6.45, 7) is 6.17. The van der Waals surface area contributed by atoms with E-state index in [-0.39, 0.29) is 5.92 Å². The van der Waals surface area contributed by atoms with Gasteiger partial charge in [0.1, 0.15) is 0 Å². The maximum absolute atomic E-state index is 10.3. The molecule has 0 aliphatic rings. The molecule has 0 aliphatic carbocycles. The van der Waals surface area contributed by atoms with E-state index in [1.54, 1.807) is 0 Å². The van der Waals surface area contributed by atoms with Crippen molar-refractivity contribution in [3.8, 4) is 0 Å². The lowest BCUT2D eigenvalue weighted by Gasteiger charge is -2.19. The molecule has 3 nitrogen and oxygen atoms in total. The summed E-state index contributed by atoms with van der Waals surface area (Å²) in [6, 6.07) is 0. The summed E-state index contributed by atoms with van der Waals surface area (Å²) in [5.74, 6) is -0.371. The quantitative estimate of drug-likeness (QED) is 0.644. The van der Waals surface area contributed by atoms with Crippen LogP contribution in [0.2, 0.25) is 0 Å². The highest BCUT2D eigenvalue weighted by molar-refractivity contribution is 5.80. The van der Waals surface area contributed by atoms with E-state index >= 15 is 0 Å². The van der Waals surface area contributed by atoms with Crippen LogP contribution in [0.25, 0.3) is 0 Å². The zero-order valence-corrected chi connectivity index (χ0v) is 8.58. The number of allylic oxidation sites excluding steroid dienone is 1. The van der Waals surface area contributed by atoms with Gasteiger partial charge in [0.15, 0.2) is 0 Å². The van der Waals surface area contributed by atoms with E-state index in [0.717, 1.165) is 18.9 Å². The number of hydrogen-bond donors (Lipinski definition) is 2. The molecule has 2 atom stereocenters. The monoisotopic (exact) mass is 185 g/mol. The Labute approximate surface area is 79.6 Å². The number of nitrogens with two attached hydrogens (primary N) is 1. The van der Waals surface area contributed by atoms with Crippen molar-refractivity contribution in [3.05, 3.63) is 11.8 Å². The van der Waals surface area contributed by atoms with Crippen LogP contribution in [0, 0.1) is 11.8 Å². The van der Waals surface area contributed by atoms with E-state index < -0.39 is 5.97 Å². The fraction of sp³-hybridized carbons (Fsp3) is 0.700. The zero-order chi connectivity index (χ0) is 10.4. The second kappa shape index (κ2) is 5.62. The van der Waals surface area contributed by atoms with Gasteiger partial charge >= 0.3 is 5.97 Å². The van der Waals surface area contributed by atoms with Crippen molar-refractivity contribution >= 4 is 5.97 Å². The van der Waals surface area contributed by atoms with Gasteiger partial charge in [-0.1, -0.05) is 33.6 Å². The van der Waals surface area contributed by atoms with E-state index in [4.69, 9.17) is 10.8 Å². The molecular weight excluding hydrogens is 166 g/mol. The summed E-state index contributed by atoms with van der Waals surface area (Å²) in [4.78, 5) is 10.3. The Morgan fingerprint density at radius 1 is 1.54 bits per heavy atom. The lowest BCUT2D eigenvalue weighted by atomic mass is 9.89. The molecule has 0 heterocycles. The molecule has 0 aliphatic heterocycles. The Morgan fingerprint density at radius 3 is 2.46 bits per heavy atom. The molecule has 0 fully saturated rings. The summed E-state index contributed by atoms with van der Waals surface area (Å²) >= 11 is 0. The van der Waals surface area contributed by atoms with Crippen molar-refractivity contribution < 1.29 is 9.90 Å². The molecule has 0 saturated heterocycles. The van der Waals surface area contributed by atoms with Gasteiger partial charge in [0.25, 0.3) is 0 Å². The van der Waals surface area contributed by atoms with Crippen LogP contribution in [0.4, 0.5) is 0 Å². The Balaban J connectivity index is 4.23. The molecule has 0 rings (SSSR count). The Kier molecular flexibility index (Phi) is 5.19. The van der Waals surface area contributed by atoms with Crippen molar-refractivity contribution in [3.63, 3.8) is 0 Å². The Morgan fingerprint density at radius 2 is 2.08 bits per heavy atom. The van der Waals surface area contributed by atoms with Gasteiger partial charge in [-0.3, -0.25) is 0 Å². The molecule has 0 saturated carbocycles. The maximum Gasteiger partial charge on any atom is 0.330 e. The van der Waals surface area contributed by atoms with E-state index in [0.29, 0.717) is 11.6 Å². The molecular formula is C10H19NO2. The summed E-state index contributed by atoms with van der Waals surface area (Å²) in [5.41, 5.74) is 6.10. The Bertz CT molecular complexity index is 199. The van der Waals surface area contributed by atoms with E-state index in [9.17, 15) is 4.79 Å². The van der Waals surface area contributed by atoms with Gasteiger partial charge in [0, 0.05) is 11.8 Å².